The first-order valence-electron chi connectivity index (χ1n) is 6.71. The van der Waals surface area contributed by atoms with Gasteiger partial charge in [0.2, 0.25) is 0 Å². The van der Waals surface area contributed by atoms with E-state index in [1.54, 1.807) is 0 Å². The largest absolute Gasteiger partial charge is 0.375 e. The monoisotopic (exact) mass is 226 g/mol. The van der Waals surface area contributed by atoms with Crippen molar-refractivity contribution in [2.75, 3.05) is 39.3 Å². The first-order chi connectivity index (χ1) is 7.61. The molecule has 1 atom stereocenters. The molecule has 2 aliphatic rings. The Morgan fingerprint density at radius 1 is 1.25 bits per heavy atom. The van der Waals surface area contributed by atoms with E-state index in [0.717, 1.165) is 19.2 Å². The molecule has 0 radical (unpaired) electrons. The lowest BCUT2D eigenvalue weighted by Crippen LogP contribution is -2.53. The minimum absolute atomic E-state index is 0.00945. The van der Waals surface area contributed by atoms with Crippen molar-refractivity contribution in [3.8, 4) is 0 Å². The molecule has 0 amide bonds. The molecular formula is C13H26N2O. The minimum atomic E-state index is 0.00945. The van der Waals surface area contributed by atoms with E-state index in [9.17, 15) is 0 Å². The Morgan fingerprint density at radius 3 is 2.81 bits per heavy atom. The molecule has 3 nitrogen and oxygen atoms in total. The standard InChI is InChI=1S/C13H26N2O/c1-4-16-13(2,3)11-14-8-9-15-7-5-6-12(15)10-14/h12H,4-11H2,1-3H3. The van der Waals surface area contributed by atoms with Gasteiger partial charge >= 0.3 is 0 Å². The molecule has 2 saturated heterocycles. The predicted molar refractivity (Wildman–Crippen MR) is 66.7 cm³/mol. The van der Waals surface area contributed by atoms with Crippen LogP contribution < -0.4 is 0 Å². The van der Waals surface area contributed by atoms with Crippen LogP contribution in [-0.2, 0) is 4.74 Å². The number of hydrogen-bond donors (Lipinski definition) is 0. The Hall–Kier alpha value is -0.120. The average molecular weight is 226 g/mol. The number of fused-ring (bicyclic) bond motifs is 1. The topological polar surface area (TPSA) is 15.7 Å². The zero-order chi connectivity index (χ0) is 11.6. The molecule has 16 heavy (non-hydrogen) atoms. The van der Waals surface area contributed by atoms with Gasteiger partial charge in [-0.05, 0) is 40.2 Å². The van der Waals surface area contributed by atoms with Crippen molar-refractivity contribution < 1.29 is 4.74 Å². The van der Waals surface area contributed by atoms with Gasteiger partial charge in [-0.25, -0.2) is 0 Å². The Balaban J connectivity index is 1.82. The third-order valence-corrected chi connectivity index (χ3v) is 3.81. The number of rotatable bonds is 4. The van der Waals surface area contributed by atoms with E-state index in [2.05, 4.69) is 30.6 Å². The molecule has 0 spiro atoms. The van der Waals surface area contributed by atoms with Gasteiger partial charge in [-0.2, -0.15) is 0 Å². The Morgan fingerprint density at radius 2 is 2.06 bits per heavy atom. The minimum Gasteiger partial charge on any atom is -0.375 e. The van der Waals surface area contributed by atoms with Crippen LogP contribution >= 0.6 is 0 Å². The molecule has 0 bridgehead atoms. The molecule has 1 unspecified atom stereocenters. The van der Waals surface area contributed by atoms with Crippen LogP contribution in [0.25, 0.3) is 0 Å². The molecule has 2 fully saturated rings. The highest BCUT2D eigenvalue weighted by atomic mass is 16.5. The van der Waals surface area contributed by atoms with Gasteiger partial charge in [0, 0.05) is 38.8 Å². The second-order valence-electron chi connectivity index (χ2n) is 5.76. The number of nitrogens with zero attached hydrogens (tertiary/aromatic N) is 2. The lowest BCUT2D eigenvalue weighted by Gasteiger charge is -2.40. The normalized spacial score (nSPS) is 28.3. The summed E-state index contributed by atoms with van der Waals surface area (Å²) in [4.78, 5) is 5.24. The Kier molecular flexibility index (Phi) is 3.88. The SMILES string of the molecule is CCOC(C)(C)CN1CCN2CCCC2C1. The van der Waals surface area contributed by atoms with Gasteiger partial charge in [-0.1, -0.05) is 0 Å². The van der Waals surface area contributed by atoms with Crippen LogP contribution in [0.5, 0.6) is 0 Å². The van der Waals surface area contributed by atoms with Crippen LogP contribution in [0.15, 0.2) is 0 Å². The molecule has 94 valence electrons. The van der Waals surface area contributed by atoms with Gasteiger partial charge in [0.25, 0.3) is 0 Å². The summed E-state index contributed by atoms with van der Waals surface area (Å²) in [6, 6.07) is 0.825. The third-order valence-electron chi connectivity index (χ3n) is 3.81. The van der Waals surface area contributed by atoms with Gasteiger partial charge in [0.1, 0.15) is 0 Å². The highest BCUT2D eigenvalue weighted by molar-refractivity contribution is 4.88. The van der Waals surface area contributed by atoms with Gasteiger partial charge in [0.05, 0.1) is 5.60 Å². The summed E-state index contributed by atoms with van der Waals surface area (Å²) in [5.74, 6) is 0. The van der Waals surface area contributed by atoms with Crippen LogP contribution in [0.2, 0.25) is 0 Å². The average Bonchev–Trinajstić information content (AvgIpc) is 2.63. The molecule has 0 saturated carbocycles. The van der Waals surface area contributed by atoms with Crippen molar-refractivity contribution >= 4 is 0 Å². The Bertz CT molecular complexity index is 230. The molecule has 0 N–H and O–H groups in total. The molecule has 0 aromatic heterocycles. The second kappa shape index (κ2) is 5.03. The van der Waals surface area contributed by atoms with Gasteiger partial charge in [-0.3, -0.25) is 9.80 Å². The molecule has 0 aliphatic carbocycles. The van der Waals surface area contributed by atoms with E-state index in [4.69, 9.17) is 4.74 Å². The van der Waals surface area contributed by atoms with Crippen molar-refractivity contribution in [3.05, 3.63) is 0 Å². The highest BCUT2D eigenvalue weighted by Gasteiger charge is 2.32. The maximum Gasteiger partial charge on any atom is 0.0752 e. The van der Waals surface area contributed by atoms with E-state index >= 15 is 0 Å². The number of piperazine rings is 1. The molecule has 2 rings (SSSR count). The van der Waals surface area contributed by atoms with Crippen molar-refractivity contribution in [2.24, 2.45) is 0 Å². The van der Waals surface area contributed by atoms with Crippen LogP contribution in [0.1, 0.15) is 33.6 Å². The summed E-state index contributed by atoms with van der Waals surface area (Å²) >= 11 is 0. The summed E-state index contributed by atoms with van der Waals surface area (Å²) in [6.45, 7) is 13.4. The van der Waals surface area contributed by atoms with Crippen LogP contribution in [-0.4, -0.2) is 60.8 Å². The van der Waals surface area contributed by atoms with E-state index in [1.165, 1.54) is 39.0 Å². The van der Waals surface area contributed by atoms with Crippen molar-refractivity contribution in [2.45, 2.75) is 45.3 Å². The fourth-order valence-electron chi connectivity index (χ4n) is 3.17. The summed E-state index contributed by atoms with van der Waals surface area (Å²) in [5, 5.41) is 0. The first kappa shape index (κ1) is 12.3. The maximum absolute atomic E-state index is 5.79. The van der Waals surface area contributed by atoms with Crippen molar-refractivity contribution in [1.82, 2.24) is 9.80 Å². The summed E-state index contributed by atoms with van der Waals surface area (Å²) < 4.78 is 5.79. The van der Waals surface area contributed by atoms with E-state index in [0.29, 0.717) is 0 Å². The van der Waals surface area contributed by atoms with Crippen LogP contribution in [0, 0.1) is 0 Å². The lowest BCUT2D eigenvalue weighted by molar-refractivity contribution is -0.0452. The third kappa shape index (κ3) is 2.96. The summed E-state index contributed by atoms with van der Waals surface area (Å²) in [7, 11) is 0. The fourth-order valence-corrected chi connectivity index (χ4v) is 3.17. The van der Waals surface area contributed by atoms with Gasteiger partial charge < -0.3 is 4.74 Å². The highest BCUT2D eigenvalue weighted by Crippen LogP contribution is 2.23. The van der Waals surface area contributed by atoms with Crippen LogP contribution in [0.4, 0.5) is 0 Å². The van der Waals surface area contributed by atoms with E-state index < -0.39 is 0 Å². The Labute approximate surface area is 99.7 Å². The van der Waals surface area contributed by atoms with Crippen LogP contribution in [0.3, 0.4) is 0 Å². The lowest BCUT2D eigenvalue weighted by atomic mass is 10.1. The fraction of sp³-hybridized carbons (Fsp3) is 1.00. The zero-order valence-electron chi connectivity index (χ0n) is 11.0. The van der Waals surface area contributed by atoms with Crippen molar-refractivity contribution in [1.29, 1.82) is 0 Å². The predicted octanol–water partition coefficient (Wildman–Crippen LogP) is 1.58. The van der Waals surface area contributed by atoms with E-state index in [-0.39, 0.29) is 5.60 Å². The van der Waals surface area contributed by atoms with Gasteiger partial charge in [0.15, 0.2) is 0 Å². The quantitative estimate of drug-likeness (QED) is 0.724. The summed E-state index contributed by atoms with van der Waals surface area (Å²) in [5.41, 5.74) is 0.00945. The molecule has 2 aliphatic heterocycles. The van der Waals surface area contributed by atoms with Crippen molar-refractivity contribution in [3.63, 3.8) is 0 Å². The number of ether oxygens (including phenoxy) is 1. The molecule has 0 aromatic carbocycles. The van der Waals surface area contributed by atoms with E-state index in [1.807, 2.05) is 0 Å². The molecule has 2 heterocycles. The smallest absolute Gasteiger partial charge is 0.0752 e. The molecular weight excluding hydrogens is 200 g/mol. The molecule has 3 heteroatoms. The zero-order valence-corrected chi connectivity index (χ0v) is 11.0. The first-order valence-corrected chi connectivity index (χ1v) is 6.71. The van der Waals surface area contributed by atoms with Gasteiger partial charge in [-0.15, -0.1) is 0 Å². The molecule has 0 aromatic rings. The maximum atomic E-state index is 5.79. The second-order valence-corrected chi connectivity index (χ2v) is 5.76. The summed E-state index contributed by atoms with van der Waals surface area (Å²) in [6.07, 6.45) is 2.79. The number of hydrogen-bond acceptors (Lipinski definition) is 3.